The Labute approximate surface area is 124 Å². The quantitative estimate of drug-likeness (QED) is 0.856. The van der Waals surface area contributed by atoms with Crippen molar-refractivity contribution in [1.82, 2.24) is 0 Å². The molecule has 0 aromatic heterocycles. The molecule has 21 heavy (non-hydrogen) atoms. The van der Waals surface area contributed by atoms with Gasteiger partial charge in [-0.2, -0.15) is 0 Å². The Bertz CT molecular complexity index is 714. The summed E-state index contributed by atoms with van der Waals surface area (Å²) in [6.07, 6.45) is 0. The first kappa shape index (κ1) is 15.5. The fourth-order valence-electron chi connectivity index (χ4n) is 1.94. The molecule has 2 rings (SSSR count). The molecule has 5 nitrogen and oxygen atoms in total. The Hall–Kier alpha value is -1.89. The number of anilines is 1. The van der Waals surface area contributed by atoms with Gasteiger partial charge in [0.2, 0.25) is 0 Å². The van der Waals surface area contributed by atoms with E-state index in [1.54, 1.807) is 43.5 Å². The van der Waals surface area contributed by atoms with Crippen LogP contribution in [-0.2, 0) is 27.9 Å². The third-order valence-corrected chi connectivity index (χ3v) is 4.37. The van der Waals surface area contributed by atoms with E-state index in [-0.39, 0.29) is 4.90 Å². The second-order valence-corrected chi connectivity index (χ2v) is 6.23. The lowest BCUT2D eigenvalue weighted by Gasteiger charge is -2.12. The zero-order valence-corrected chi connectivity index (χ0v) is 12.6. The van der Waals surface area contributed by atoms with Crippen LogP contribution >= 0.6 is 0 Å². The first-order valence-electron chi connectivity index (χ1n) is 6.45. The lowest BCUT2D eigenvalue weighted by Crippen LogP contribution is -2.15. The Balaban J connectivity index is 2.33. The number of nitrogens with two attached hydrogens (primary N) is 1. The third kappa shape index (κ3) is 3.81. The molecule has 0 spiro atoms. The Morgan fingerprint density at radius 2 is 1.90 bits per heavy atom. The maximum Gasteiger partial charge on any atom is 0.261 e. The predicted molar refractivity (Wildman–Crippen MR) is 82.3 cm³/mol. The molecule has 2 aromatic rings. The molecule has 0 fully saturated rings. The summed E-state index contributed by atoms with van der Waals surface area (Å²) in [5.41, 5.74) is 7.60. The van der Waals surface area contributed by atoms with E-state index in [0.717, 1.165) is 11.1 Å². The van der Waals surface area contributed by atoms with Gasteiger partial charge in [-0.1, -0.05) is 30.3 Å². The molecule has 2 aromatic carbocycles. The molecule has 3 N–H and O–H groups in total. The number of nitrogens with one attached hydrogen (secondary N) is 1. The smallest absolute Gasteiger partial charge is 0.261 e. The van der Waals surface area contributed by atoms with E-state index in [2.05, 4.69) is 4.72 Å². The molecule has 6 heteroatoms. The summed E-state index contributed by atoms with van der Waals surface area (Å²) in [7, 11) is -2.08. The Morgan fingerprint density at radius 1 is 1.14 bits per heavy atom. The second-order valence-electron chi connectivity index (χ2n) is 4.55. The van der Waals surface area contributed by atoms with E-state index in [1.807, 2.05) is 12.1 Å². The van der Waals surface area contributed by atoms with Crippen LogP contribution in [0.15, 0.2) is 53.4 Å². The monoisotopic (exact) mass is 306 g/mol. The third-order valence-electron chi connectivity index (χ3n) is 3.01. The van der Waals surface area contributed by atoms with Crippen LogP contribution in [0.4, 0.5) is 5.69 Å². The molecule has 0 unspecified atom stereocenters. The van der Waals surface area contributed by atoms with Crippen LogP contribution in [0.3, 0.4) is 0 Å². The molecule has 0 aliphatic rings. The van der Waals surface area contributed by atoms with Gasteiger partial charge >= 0.3 is 0 Å². The SMILES string of the molecule is COCc1ccccc1NS(=O)(=O)c1cccc(CN)c1. The molecular weight excluding hydrogens is 288 g/mol. The molecule has 0 radical (unpaired) electrons. The number of para-hydroxylation sites is 1. The lowest BCUT2D eigenvalue weighted by atomic mass is 10.2. The molecule has 0 heterocycles. The van der Waals surface area contributed by atoms with Crippen molar-refractivity contribution in [3.8, 4) is 0 Å². The van der Waals surface area contributed by atoms with Crippen LogP contribution < -0.4 is 10.5 Å². The van der Waals surface area contributed by atoms with E-state index < -0.39 is 10.0 Å². The zero-order valence-electron chi connectivity index (χ0n) is 11.7. The highest BCUT2D eigenvalue weighted by Gasteiger charge is 2.16. The van der Waals surface area contributed by atoms with E-state index >= 15 is 0 Å². The molecule has 0 saturated heterocycles. The predicted octanol–water partition coefficient (Wildman–Crippen LogP) is 2.09. The molecule has 0 bridgehead atoms. The lowest BCUT2D eigenvalue weighted by molar-refractivity contribution is 0.185. The van der Waals surface area contributed by atoms with Crippen molar-refractivity contribution in [3.05, 3.63) is 59.7 Å². The van der Waals surface area contributed by atoms with Crippen LogP contribution in [0.2, 0.25) is 0 Å². The van der Waals surface area contributed by atoms with E-state index in [9.17, 15) is 8.42 Å². The van der Waals surface area contributed by atoms with Crippen molar-refractivity contribution in [1.29, 1.82) is 0 Å². The van der Waals surface area contributed by atoms with Gasteiger partial charge in [0.05, 0.1) is 17.2 Å². The fraction of sp³-hybridized carbons (Fsp3) is 0.200. The highest BCUT2D eigenvalue weighted by Crippen LogP contribution is 2.21. The summed E-state index contributed by atoms with van der Waals surface area (Å²) < 4.78 is 32.5. The minimum atomic E-state index is -3.65. The van der Waals surface area contributed by atoms with Crippen LogP contribution in [-0.4, -0.2) is 15.5 Å². The molecule has 0 aliphatic heterocycles. The van der Waals surface area contributed by atoms with Gasteiger partial charge in [-0.25, -0.2) is 8.42 Å². The van der Waals surface area contributed by atoms with Crippen molar-refractivity contribution >= 4 is 15.7 Å². The van der Waals surface area contributed by atoms with Crippen molar-refractivity contribution in [2.45, 2.75) is 18.0 Å². The first-order valence-corrected chi connectivity index (χ1v) is 7.94. The van der Waals surface area contributed by atoms with Gasteiger partial charge in [0, 0.05) is 19.2 Å². The average Bonchev–Trinajstić information content (AvgIpc) is 2.49. The summed E-state index contributed by atoms with van der Waals surface area (Å²) in [5.74, 6) is 0. The molecule has 0 atom stereocenters. The van der Waals surface area contributed by atoms with Gasteiger partial charge in [0.15, 0.2) is 0 Å². The molecule has 0 saturated carbocycles. The first-order chi connectivity index (χ1) is 10.1. The Kier molecular flexibility index (Phi) is 4.95. The number of hydrogen-bond acceptors (Lipinski definition) is 4. The summed E-state index contributed by atoms with van der Waals surface area (Å²) in [6, 6.07) is 13.7. The highest BCUT2D eigenvalue weighted by molar-refractivity contribution is 7.92. The normalized spacial score (nSPS) is 11.3. The second kappa shape index (κ2) is 6.71. The molecule has 112 valence electrons. The standard InChI is InChI=1S/C15H18N2O3S/c1-20-11-13-6-2-3-8-15(13)17-21(18,19)14-7-4-5-12(9-14)10-16/h2-9,17H,10-11,16H2,1H3. The van der Waals surface area contributed by atoms with Crippen LogP contribution in [0.1, 0.15) is 11.1 Å². The van der Waals surface area contributed by atoms with Crippen LogP contribution in [0.25, 0.3) is 0 Å². The van der Waals surface area contributed by atoms with Gasteiger partial charge in [0.1, 0.15) is 0 Å². The van der Waals surface area contributed by atoms with Gasteiger partial charge < -0.3 is 10.5 Å². The van der Waals surface area contributed by atoms with Crippen LogP contribution in [0.5, 0.6) is 0 Å². The zero-order chi connectivity index (χ0) is 15.3. The van der Waals surface area contributed by atoms with Gasteiger partial charge in [-0.15, -0.1) is 0 Å². The number of hydrogen-bond donors (Lipinski definition) is 2. The van der Waals surface area contributed by atoms with Gasteiger partial charge in [0.25, 0.3) is 10.0 Å². The van der Waals surface area contributed by atoms with Crippen molar-refractivity contribution < 1.29 is 13.2 Å². The summed E-state index contributed by atoms with van der Waals surface area (Å²) in [4.78, 5) is 0.192. The largest absolute Gasteiger partial charge is 0.380 e. The number of ether oxygens (including phenoxy) is 1. The van der Waals surface area contributed by atoms with E-state index in [0.29, 0.717) is 18.8 Å². The fourth-order valence-corrected chi connectivity index (χ4v) is 3.12. The average molecular weight is 306 g/mol. The highest BCUT2D eigenvalue weighted by atomic mass is 32.2. The maximum absolute atomic E-state index is 12.4. The van der Waals surface area contributed by atoms with Gasteiger partial charge in [-0.05, 0) is 23.8 Å². The molecular formula is C15H18N2O3S. The van der Waals surface area contributed by atoms with Crippen molar-refractivity contribution in [3.63, 3.8) is 0 Å². The number of sulfonamides is 1. The molecule has 0 aliphatic carbocycles. The van der Waals surface area contributed by atoms with E-state index in [1.165, 1.54) is 0 Å². The maximum atomic E-state index is 12.4. The minimum Gasteiger partial charge on any atom is -0.380 e. The van der Waals surface area contributed by atoms with Crippen LogP contribution in [0, 0.1) is 0 Å². The van der Waals surface area contributed by atoms with Crippen molar-refractivity contribution in [2.24, 2.45) is 5.73 Å². The minimum absolute atomic E-state index is 0.192. The number of methoxy groups -OCH3 is 1. The number of rotatable bonds is 6. The van der Waals surface area contributed by atoms with E-state index in [4.69, 9.17) is 10.5 Å². The summed E-state index contributed by atoms with van der Waals surface area (Å²) in [5, 5.41) is 0. The molecule has 0 amide bonds. The number of benzene rings is 2. The van der Waals surface area contributed by atoms with Gasteiger partial charge in [-0.3, -0.25) is 4.72 Å². The topological polar surface area (TPSA) is 81.4 Å². The summed E-state index contributed by atoms with van der Waals surface area (Å²) >= 11 is 0. The van der Waals surface area contributed by atoms with Crippen molar-refractivity contribution in [2.75, 3.05) is 11.8 Å². The Morgan fingerprint density at radius 3 is 2.62 bits per heavy atom. The summed E-state index contributed by atoms with van der Waals surface area (Å²) in [6.45, 7) is 0.630.